The lowest BCUT2D eigenvalue weighted by molar-refractivity contribution is 0.0101. The van der Waals surface area contributed by atoms with E-state index in [-0.39, 0.29) is 6.10 Å². The van der Waals surface area contributed by atoms with Crippen LogP contribution in [0.2, 0.25) is 0 Å². The van der Waals surface area contributed by atoms with Crippen molar-refractivity contribution in [3.8, 4) is 0 Å². The Labute approximate surface area is 106 Å². The van der Waals surface area contributed by atoms with Gasteiger partial charge in [-0.15, -0.1) is 0 Å². The minimum atomic E-state index is 0.176. The second-order valence-electron chi connectivity index (χ2n) is 5.63. The van der Waals surface area contributed by atoms with Gasteiger partial charge < -0.3 is 20.3 Å². The second-order valence-corrected chi connectivity index (χ2v) is 5.63. The maximum atomic E-state index is 5.61. The summed E-state index contributed by atoms with van der Waals surface area (Å²) in [5, 5.41) is 0. The molecule has 1 aliphatic carbocycles. The first-order valence-electron chi connectivity index (χ1n) is 6.68. The predicted octanol–water partition coefficient (Wildman–Crippen LogP) is 0.766. The number of hydrogen-bond acceptors (Lipinski definition) is 4. The maximum Gasteiger partial charge on any atom is 0.0669 e. The number of nitrogens with two attached hydrogens (primary N) is 1. The number of nitrogens with zero attached hydrogens (tertiary/aromatic N) is 2. The molecule has 0 spiro atoms. The van der Waals surface area contributed by atoms with Crippen LogP contribution in [0, 0.1) is 0 Å². The molecule has 1 unspecified atom stereocenters. The largest absolute Gasteiger partial charge is 0.376 e. The van der Waals surface area contributed by atoms with Gasteiger partial charge in [0.2, 0.25) is 0 Å². The van der Waals surface area contributed by atoms with Crippen molar-refractivity contribution in [3.63, 3.8) is 0 Å². The molecular formula is C13H29N3O. The van der Waals surface area contributed by atoms with Gasteiger partial charge in [0.15, 0.2) is 0 Å². The van der Waals surface area contributed by atoms with Crippen molar-refractivity contribution in [1.29, 1.82) is 0 Å². The average molecular weight is 243 g/mol. The molecule has 1 atom stereocenters. The van der Waals surface area contributed by atoms with Crippen LogP contribution in [0.15, 0.2) is 0 Å². The zero-order valence-electron chi connectivity index (χ0n) is 11.9. The van der Waals surface area contributed by atoms with Crippen molar-refractivity contribution in [2.24, 2.45) is 5.73 Å². The van der Waals surface area contributed by atoms with Crippen LogP contribution < -0.4 is 5.73 Å². The molecule has 4 heteroatoms. The van der Waals surface area contributed by atoms with Gasteiger partial charge >= 0.3 is 0 Å². The summed E-state index contributed by atoms with van der Waals surface area (Å²) in [6.07, 6.45) is 4.19. The fourth-order valence-corrected chi connectivity index (χ4v) is 2.39. The van der Waals surface area contributed by atoms with Crippen molar-refractivity contribution in [3.05, 3.63) is 0 Å². The molecule has 0 aromatic heterocycles. The Hall–Kier alpha value is -0.160. The fraction of sp³-hybridized carbons (Fsp3) is 1.00. The third-order valence-electron chi connectivity index (χ3n) is 4.00. The summed E-state index contributed by atoms with van der Waals surface area (Å²) in [5.41, 5.74) is 5.93. The monoisotopic (exact) mass is 243 g/mol. The Morgan fingerprint density at radius 3 is 2.35 bits per heavy atom. The van der Waals surface area contributed by atoms with Crippen LogP contribution >= 0.6 is 0 Å². The average Bonchev–Trinajstić information content (AvgIpc) is 2.22. The predicted molar refractivity (Wildman–Crippen MR) is 72.2 cm³/mol. The van der Waals surface area contributed by atoms with Gasteiger partial charge in [0.1, 0.15) is 0 Å². The number of hydrogen-bond donors (Lipinski definition) is 1. The molecule has 17 heavy (non-hydrogen) atoms. The standard InChI is InChI=1S/C13H29N3O/c1-12(10-14)17-9-8-16(4)11-13(15(2)3)6-5-7-13/h12H,5-11,14H2,1-4H3. The van der Waals surface area contributed by atoms with Gasteiger partial charge in [-0.25, -0.2) is 0 Å². The summed E-state index contributed by atoms with van der Waals surface area (Å²) in [5.74, 6) is 0. The van der Waals surface area contributed by atoms with E-state index in [0.29, 0.717) is 12.1 Å². The summed E-state index contributed by atoms with van der Waals surface area (Å²) < 4.78 is 5.61. The molecule has 102 valence electrons. The highest BCUT2D eigenvalue weighted by Crippen LogP contribution is 2.36. The third-order valence-corrected chi connectivity index (χ3v) is 4.00. The molecule has 1 saturated carbocycles. The molecule has 0 amide bonds. The molecule has 0 aromatic carbocycles. The van der Waals surface area contributed by atoms with E-state index in [1.807, 2.05) is 6.92 Å². The van der Waals surface area contributed by atoms with Crippen molar-refractivity contribution in [2.45, 2.75) is 37.8 Å². The molecular weight excluding hydrogens is 214 g/mol. The lowest BCUT2D eigenvalue weighted by Crippen LogP contribution is -2.57. The van der Waals surface area contributed by atoms with E-state index in [4.69, 9.17) is 10.5 Å². The molecule has 0 aromatic rings. The summed E-state index contributed by atoms with van der Waals surface area (Å²) in [7, 11) is 6.57. The van der Waals surface area contributed by atoms with Crippen molar-refractivity contribution in [1.82, 2.24) is 9.80 Å². The molecule has 4 nitrogen and oxygen atoms in total. The Bertz CT molecular complexity index is 217. The number of ether oxygens (including phenoxy) is 1. The van der Waals surface area contributed by atoms with Gasteiger partial charge in [-0.1, -0.05) is 0 Å². The Kier molecular flexibility index (Phi) is 5.86. The number of likely N-dealkylation sites (N-methyl/N-ethyl adjacent to an activating group) is 2. The highest BCUT2D eigenvalue weighted by molar-refractivity contribution is 4.97. The Balaban J connectivity index is 2.22. The first-order chi connectivity index (χ1) is 8.00. The molecule has 1 rings (SSSR count). The fourth-order valence-electron chi connectivity index (χ4n) is 2.39. The van der Waals surface area contributed by atoms with Crippen LogP contribution in [0.25, 0.3) is 0 Å². The van der Waals surface area contributed by atoms with Gasteiger partial charge in [0.25, 0.3) is 0 Å². The molecule has 0 aliphatic heterocycles. The molecule has 2 N–H and O–H groups in total. The third kappa shape index (κ3) is 4.21. The zero-order valence-corrected chi connectivity index (χ0v) is 11.9. The molecule has 0 radical (unpaired) electrons. The van der Waals surface area contributed by atoms with Crippen molar-refractivity contribution < 1.29 is 4.74 Å². The summed E-state index contributed by atoms with van der Waals surface area (Å²) >= 11 is 0. The van der Waals surface area contributed by atoms with E-state index in [0.717, 1.165) is 19.7 Å². The quantitative estimate of drug-likeness (QED) is 0.683. The Morgan fingerprint density at radius 1 is 1.29 bits per heavy atom. The van der Waals surface area contributed by atoms with Crippen molar-refractivity contribution >= 4 is 0 Å². The second kappa shape index (κ2) is 6.69. The highest BCUT2D eigenvalue weighted by atomic mass is 16.5. The minimum Gasteiger partial charge on any atom is -0.376 e. The Morgan fingerprint density at radius 2 is 1.94 bits per heavy atom. The normalized spacial score (nSPS) is 20.6. The summed E-state index contributed by atoms with van der Waals surface area (Å²) in [4.78, 5) is 4.76. The van der Waals surface area contributed by atoms with E-state index in [2.05, 4.69) is 30.9 Å². The van der Waals surface area contributed by atoms with Crippen LogP contribution in [-0.4, -0.2) is 68.8 Å². The zero-order chi connectivity index (χ0) is 12.9. The van der Waals surface area contributed by atoms with Gasteiger partial charge in [-0.3, -0.25) is 0 Å². The molecule has 0 heterocycles. The lowest BCUT2D eigenvalue weighted by Gasteiger charge is -2.49. The first-order valence-corrected chi connectivity index (χ1v) is 6.68. The summed E-state index contributed by atoms with van der Waals surface area (Å²) in [6, 6.07) is 0. The van der Waals surface area contributed by atoms with Gasteiger partial charge in [0, 0.05) is 25.2 Å². The van der Waals surface area contributed by atoms with E-state index < -0.39 is 0 Å². The molecule has 1 aliphatic rings. The van der Waals surface area contributed by atoms with Gasteiger partial charge in [-0.2, -0.15) is 0 Å². The number of rotatable bonds is 8. The van der Waals surface area contributed by atoms with Crippen molar-refractivity contribution in [2.75, 3.05) is 47.4 Å². The van der Waals surface area contributed by atoms with E-state index >= 15 is 0 Å². The molecule has 1 fully saturated rings. The van der Waals surface area contributed by atoms with Crippen LogP contribution in [0.5, 0.6) is 0 Å². The smallest absolute Gasteiger partial charge is 0.0669 e. The molecule has 0 saturated heterocycles. The van der Waals surface area contributed by atoms with Crippen LogP contribution in [0.3, 0.4) is 0 Å². The van der Waals surface area contributed by atoms with Gasteiger partial charge in [-0.05, 0) is 47.3 Å². The van der Waals surface area contributed by atoms with Crippen LogP contribution in [0.4, 0.5) is 0 Å². The highest BCUT2D eigenvalue weighted by Gasteiger charge is 2.39. The van der Waals surface area contributed by atoms with E-state index in [9.17, 15) is 0 Å². The topological polar surface area (TPSA) is 41.7 Å². The van der Waals surface area contributed by atoms with E-state index in [1.54, 1.807) is 0 Å². The SMILES string of the molecule is CC(CN)OCCN(C)CC1(N(C)C)CCC1. The molecule has 0 bridgehead atoms. The van der Waals surface area contributed by atoms with Crippen LogP contribution in [-0.2, 0) is 4.74 Å². The van der Waals surface area contributed by atoms with E-state index in [1.165, 1.54) is 19.3 Å². The minimum absolute atomic E-state index is 0.176. The van der Waals surface area contributed by atoms with Gasteiger partial charge in [0.05, 0.1) is 12.7 Å². The maximum absolute atomic E-state index is 5.61. The summed E-state index contributed by atoms with van der Waals surface area (Å²) in [6.45, 7) is 5.53. The van der Waals surface area contributed by atoms with Crippen LogP contribution in [0.1, 0.15) is 26.2 Å². The first kappa shape index (κ1) is 14.9. The lowest BCUT2D eigenvalue weighted by atomic mass is 9.75.